The summed E-state index contributed by atoms with van der Waals surface area (Å²) in [7, 11) is 0. The summed E-state index contributed by atoms with van der Waals surface area (Å²) in [5.41, 5.74) is -3.22. The molecule has 18 heavy (non-hydrogen) atoms. The lowest BCUT2D eigenvalue weighted by Crippen LogP contribution is -2.57. The molecule has 1 nitrogen and oxygen atoms in total. The molecule has 0 aliphatic heterocycles. The van der Waals surface area contributed by atoms with E-state index in [1.807, 2.05) is 6.92 Å². The van der Waals surface area contributed by atoms with E-state index in [1.54, 1.807) is 0 Å². The zero-order valence-electron chi connectivity index (χ0n) is 10.2. The molecule has 6 heteroatoms. The van der Waals surface area contributed by atoms with Crippen LogP contribution < -0.4 is 0 Å². The fourth-order valence-electron chi connectivity index (χ4n) is 2.25. The van der Waals surface area contributed by atoms with E-state index in [1.165, 1.54) is 6.08 Å². The Balaban J connectivity index is 2.88. The minimum atomic E-state index is -5.73. The third kappa shape index (κ3) is 2.53. The van der Waals surface area contributed by atoms with Crippen LogP contribution >= 0.6 is 0 Å². The van der Waals surface area contributed by atoms with Gasteiger partial charge in [0.1, 0.15) is 0 Å². The highest BCUT2D eigenvalue weighted by molar-refractivity contribution is 5.28. The second-order valence-corrected chi connectivity index (χ2v) is 4.66. The van der Waals surface area contributed by atoms with Gasteiger partial charge in [0.05, 0.1) is 0 Å². The Hall–Kier alpha value is -0.650. The summed E-state index contributed by atoms with van der Waals surface area (Å²) in [5.74, 6) is -5.09. The number of unbranched alkanes of at least 4 members (excludes halogenated alkanes) is 2. The van der Waals surface area contributed by atoms with Crippen LogP contribution in [0.1, 0.15) is 45.4 Å². The van der Waals surface area contributed by atoms with E-state index >= 15 is 0 Å². The smallest absolute Gasteiger partial charge is 0.379 e. The first kappa shape index (κ1) is 15.4. The van der Waals surface area contributed by atoms with Crippen LogP contribution in [0.15, 0.2) is 11.6 Å². The summed E-state index contributed by atoms with van der Waals surface area (Å²) in [6.07, 6.45) is -2.74. The number of aliphatic hydroxyl groups is 1. The predicted octanol–water partition coefficient (Wildman–Crippen LogP) is 4.22. The predicted molar refractivity (Wildman–Crippen MR) is 57.4 cm³/mol. The van der Waals surface area contributed by atoms with E-state index in [9.17, 15) is 27.1 Å². The lowest BCUT2D eigenvalue weighted by molar-refractivity contribution is -0.333. The minimum Gasteiger partial charge on any atom is -0.379 e. The van der Waals surface area contributed by atoms with Gasteiger partial charge in [-0.2, -0.15) is 22.0 Å². The van der Waals surface area contributed by atoms with E-state index in [0.29, 0.717) is 6.42 Å². The molecule has 0 radical (unpaired) electrons. The first-order valence-corrected chi connectivity index (χ1v) is 6.03. The maximum atomic E-state index is 13.4. The molecule has 1 unspecified atom stereocenters. The molecule has 0 aromatic rings. The van der Waals surface area contributed by atoms with Crippen molar-refractivity contribution in [1.29, 1.82) is 0 Å². The maximum absolute atomic E-state index is 13.4. The highest BCUT2D eigenvalue weighted by Crippen LogP contribution is 2.51. The van der Waals surface area contributed by atoms with Gasteiger partial charge in [0, 0.05) is 0 Å². The van der Waals surface area contributed by atoms with Crippen LogP contribution in [0.4, 0.5) is 22.0 Å². The van der Waals surface area contributed by atoms with Gasteiger partial charge in [0.15, 0.2) is 5.60 Å². The first-order valence-electron chi connectivity index (χ1n) is 6.03. The topological polar surface area (TPSA) is 20.2 Å². The molecule has 1 atom stereocenters. The Labute approximate surface area is 103 Å². The molecule has 0 saturated carbocycles. The van der Waals surface area contributed by atoms with Gasteiger partial charge in [-0.1, -0.05) is 25.8 Å². The number of rotatable bonds is 5. The van der Waals surface area contributed by atoms with Crippen molar-refractivity contribution in [2.24, 2.45) is 0 Å². The average Bonchev–Trinajstić information content (AvgIpc) is 2.61. The molecule has 0 aromatic heterocycles. The Morgan fingerprint density at radius 3 is 2.33 bits per heavy atom. The first-order chi connectivity index (χ1) is 8.17. The summed E-state index contributed by atoms with van der Waals surface area (Å²) >= 11 is 0. The van der Waals surface area contributed by atoms with Crippen molar-refractivity contribution in [3.05, 3.63) is 11.6 Å². The van der Waals surface area contributed by atoms with Gasteiger partial charge in [-0.25, -0.2) is 0 Å². The molecule has 106 valence electrons. The van der Waals surface area contributed by atoms with Crippen molar-refractivity contribution in [3.63, 3.8) is 0 Å². The van der Waals surface area contributed by atoms with Crippen LogP contribution in [-0.2, 0) is 0 Å². The van der Waals surface area contributed by atoms with Crippen molar-refractivity contribution in [1.82, 2.24) is 0 Å². The van der Waals surface area contributed by atoms with Crippen molar-refractivity contribution in [3.8, 4) is 0 Å². The fraction of sp³-hybridized carbons (Fsp3) is 0.833. The van der Waals surface area contributed by atoms with E-state index < -0.39 is 24.1 Å². The zero-order valence-corrected chi connectivity index (χ0v) is 10.2. The van der Waals surface area contributed by atoms with E-state index in [0.717, 1.165) is 12.8 Å². The number of hydrogen-bond donors (Lipinski definition) is 1. The Kier molecular flexibility index (Phi) is 4.41. The summed E-state index contributed by atoms with van der Waals surface area (Å²) in [6.45, 7) is 1.90. The molecule has 1 aliphatic rings. The standard InChI is InChI=1S/C12H17F5O/c1-2-3-4-6-9-7-5-8-10(9,18)11(13,14)12(15,16)17/h7,18H,2-6,8H2,1H3. The monoisotopic (exact) mass is 272 g/mol. The van der Waals surface area contributed by atoms with Crippen molar-refractivity contribution in [2.75, 3.05) is 0 Å². The molecule has 0 saturated heterocycles. The fourth-order valence-corrected chi connectivity index (χ4v) is 2.25. The molecule has 0 aromatic carbocycles. The number of hydrogen-bond acceptors (Lipinski definition) is 1. The summed E-state index contributed by atoms with van der Waals surface area (Å²) < 4.78 is 63.8. The van der Waals surface area contributed by atoms with Crippen molar-refractivity contribution in [2.45, 2.75) is 63.1 Å². The third-order valence-electron chi connectivity index (χ3n) is 3.35. The second-order valence-electron chi connectivity index (χ2n) is 4.66. The molecule has 0 heterocycles. The largest absolute Gasteiger partial charge is 0.456 e. The number of alkyl halides is 5. The number of allylic oxidation sites excluding steroid dienone is 1. The SMILES string of the molecule is CCCCCC1=CCCC1(O)C(F)(F)C(F)(F)F. The van der Waals surface area contributed by atoms with E-state index in [-0.39, 0.29) is 18.4 Å². The summed E-state index contributed by atoms with van der Waals surface area (Å²) in [6, 6.07) is 0. The van der Waals surface area contributed by atoms with Gasteiger partial charge in [0.25, 0.3) is 0 Å². The molecule has 1 N–H and O–H groups in total. The summed E-state index contributed by atoms with van der Waals surface area (Å²) in [4.78, 5) is 0. The molecule has 0 spiro atoms. The average molecular weight is 272 g/mol. The molecule has 0 fully saturated rings. The minimum absolute atomic E-state index is 0.0592. The molecule has 1 rings (SSSR count). The van der Waals surface area contributed by atoms with Gasteiger partial charge in [0.2, 0.25) is 0 Å². The van der Waals surface area contributed by atoms with Crippen molar-refractivity contribution < 1.29 is 27.1 Å². The van der Waals surface area contributed by atoms with Crippen LogP contribution in [0.3, 0.4) is 0 Å². The Morgan fingerprint density at radius 2 is 1.83 bits per heavy atom. The quantitative estimate of drug-likeness (QED) is 0.451. The zero-order chi connectivity index (χ0) is 14.0. The second kappa shape index (κ2) is 5.15. The van der Waals surface area contributed by atoms with Crippen LogP contribution in [0.25, 0.3) is 0 Å². The van der Waals surface area contributed by atoms with Crippen molar-refractivity contribution >= 4 is 0 Å². The lowest BCUT2D eigenvalue weighted by atomic mass is 9.85. The van der Waals surface area contributed by atoms with Gasteiger partial charge in [-0.05, 0) is 31.3 Å². The van der Waals surface area contributed by atoms with Gasteiger partial charge in [-0.15, -0.1) is 0 Å². The van der Waals surface area contributed by atoms with E-state index in [2.05, 4.69) is 0 Å². The van der Waals surface area contributed by atoms with Gasteiger partial charge < -0.3 is 5.11 Å². The van der Waals surface area contributed by atoms with Crippen LogP contribution in [0, 0.1) is 0 Å². The van der Waals surface area contributed by atoms with E-state index in [4.69, 9.17) is 0 Å². The van der Waals surface area contributed by atoms with Crippen LogP contribution in [0.2, 0.25) is 0 Å². The van der Waals surface area contributed by atoms with Gasteiger partial charge in [-0.3, -0.25) is 0 Å². The molecule has 1 aliphatic carbocycles. The molecular weight excluding hydrogens is 255 g/mol. The normalized spacial score (nSPS) is 25.4. The molecular formula is C12H17F5O. The maximum Gasteiger partial charge on any atom is 0.456 e. The van der Waals surface area contributed by atoms with Gasteiger partial charge >= 0.3 is 12.1 Å². The highest BCUT2D eigenvalue weighted by atomic mass is 19.4. The lowest BCUT2D eigenvalue weighted by Gasteiger charge is -2.36. The third-order valence-corrected chi connectivity index (χ3v) is 3.35. The number of halogens is 5. The Morgan fingerprint density at radius 1 is 1.22 bits per heavy atom. The molecule has 0 amide bonds. The highest BCUT2D eigenvalue weighted by Gasteiger charge is 2.71. The Bertz CT molecular complexity index is 321. The summed E-state index contributed by atoms with van der Waals surface area (Å²) in [5, 5.41) is 9.78. The van der Waals surface area contributed by atoms with Crippen LogP contribution in [-0.4, -0.2) is 22.8 Å². The molecule has 0 bridgehead atoms. The van der Waals surface area contributed by atoms with Crippen LogP contribution in [0.5, 0.6) is 0 Å².